The number of sulfonamides is 1. The second kappa shape index (κ2) is 9.69. The summed E-state index contributed by atoms with van der Waals surface area (Å²) < 4.78 is 34.6. The van der Waals surface area contributed by atoms with Crippen LogP contribution in [0.5, 0.6) is 5.75 Å². The minimum Gasteiger partial charge on any atom is -0.483 e. The maximum Gasteiger partial charge on any atom is 0.278 e. The zero-order chi connectivity index (χ0) is 24.4. The first-order chi connectivity index (χ1) is 15.4. The number of carbonyl (C=O) groups excluding carboxylic acids is 1. The first kappa shape index (κ1) is 25.0. The van der Waals surface area contributed by atoms with Crippen LogP contribution >= 0.6 is 15.9 Å². The van der Waals surface area contributed by atoms with Gasteiger partial charge in [0.2, 0.25) is 0 Å². The first-order valence-electron chi connectivity index (χ1n) is 10.5. The van der Waals surface area contributed by atoms with Crippen LogP contribution in [-0.2, 0) is 20.2 Å². The maximum absolute atomic E-state index is 13.5. The Kier molecular flexibility index (Phi) is 7.34. The number of ether oxygens (including phenoxy) is 1. The highest BCUT2D eigenvalue weighted by Gasteiger charge is 2.32. The molecule has 7 heteroatoms. The van der Waals surface area contributed by atoms with E-state index in [2.05, 4.69) is 15.9 Å². The number of hydrogen-bond acceptors (Lipinski definition) is 4. The Morgan fingerprint density at radius 2 is 1.45 bits per heavy atom. The van der Waals surface area contributed by atoms with E-state index in [1.165, 1.54) is 12.1 Å². The number of rotatable bonds is 6. The molecule has 0 saturated carbocycles. The molecule has 0 radical (unpaired) electrons. The highest BCUT2D eigenvalue weighted by Crippen LogP contribution is 2.34. The Morgan fingerprint density at radius 1 is 0.909 bits per heavy atom. The van der Waals surface area contributed by atoms with Gasteiger partial charge >= 0.3 is 0 Å². The lowest BCUT2D eigenvalue weighted by Gasteiger charge is -2.25. The summed E-state index contributed by atoms with van der Waals surface area (Å²) in [4.78, 5) is 13.4. The number of hydrogen-bond donors (Lipinski definition) is 0. The fourth-order valence-corrected chi connectivity index (χ4v) is 5.10. The molecule has 0 heterocycles. The summed E-state index contributed by atoms with van der Waals surface area (Å²) >= 11 is 3.48. The average molecular weight is 530 g/mol. The SMILES string of the molecule is Cc1ccc(N(C(=O)COc2ccc(Br)cc2C(C)(C)C)S(=O)(=O)c2ccc(C)cc2)cc1. The lowest BCUT2D eigenvalue weighted by atomic mass is 9.86. The van der Waals surface area contributed by atoms with E-state index in [9.17, 15) is 13.2 Å². The van der Waals surface area contributed by atoms with Crippen molar-refractivity contribution in [2.24, 2.45) is 0 Å². The number of halogens is 1. The highest BCUT2D eigenvalue weighted by atomic mass is 79.9. The average Bonchev–Trinajstić information content (AvgIpc) is 2.74. The van der Waals surface area contributed by atoms with Gasteiger partial charge in [-0.05, 0) is 61.7 Å². The van der Waals surface area contributed by atoms with Gasteiger partial charge in [-0.25, -0.2) is 8.42 Å². The van der Waals surface area contributed by atoms with E-state index in [0.29, 0.717) is 5.75 Å². The topological polar surface area (TPSA) is 63.7 Å². The van der Waals surface area contributed by atoms with Crippen LogP contribution in [0.15, 0.2) is 76.1 Å². The summed E-state index contributed by atoms with van der Waals surface area (Å²) in [6.45, 7) is 9.48. The summed E-state index contributed by atoms with van der Waals surface area (Å²) in [5.74, 6) is -0.141. The fraction of sp³-hybridized carbons (Fsp3) is 0.269. The quantitative estimate of drug-likeness (QED) is 0.383. The van der Waals surface area contributed by atoms with Crippen LogP contribution in [0.25, 0.3) is 0 Å². The lowest BCUT2D eigenvalue weighted by Crippen LogP contribution is -2.40. The molecule has 0 aliphatic carbocycles. The molecule has 3 aromatic carbocycles. The van der Waals surface area contributed by atoms with Gasteiger partial charge in [0, 0.05) is 10.0 Å². The molecule has 0 N–H and O–H groups in total. The molecule has 5 nitrogen and oxygen atoms in total. The third-order valence-corrected chi connectivity index (χ3v) is 7.41. The van der Waals surface area contributed by atoms with Crippen molar-refractivity contribution in [2.75, 3.05) is 10.9 Å². The zero-order valence-corrected chi connectivity index (χ0v) is 21.8. The summed E-state index contributed by atoms with van der Waals surface area (Å²) in [6.07, 6.45) is 0. The van der Waals surface area contributed by atoms with Gasteiger partial charge in [0.1, 0.15) is 5.75 Å². The number of aryl methyl sites for hydroxylation is 2. The molecule has 0 bridgehead atoms. The van der Waals surface area contributed by atoms with Crippen molar-refractivity contribution >= 4 is 37.5 Å². The lowest BCUT2D eigenvalue weighted by molar-refractivity contribution is -0.119. The van der Waals surface area contributed by atoms with Crippen LogP contribution in [0, 0.1) is 13.8 Å². The molecule has 33 heavy (non-hydrogen) atoms. The van der Waals surface area contributed by atoms with E-state index in [1.807, 2.05) is 46.8 Å². The third kappa shape index (κ3) is 5.84. The minimum atomic E-state index is -4.14. The molecule has 0 unspecified atom stereocenters. The smallest absolute Gasteiger partial charge is 0.278 e. The number of carbonyl (C=O) groups is 1. The molecule has 0 aliphatic heterocycles. The van der Waals surface area contributed by atoms with Crippen LogP contribution in [0.1, 0.15) is 37.5 Å². The number of benzene rings is 3. The summed E-state index contributed by atoms with van der Waals surface area (Å²) in [6, 6.07) is 18.8. The van der Waals surface area contributed by atoms with E-state index in [-0.39, 0.29) is 16.0 Å². The molecule has 0 fully saturated rings. The van der Waals surface area contributed by atoms with Crippen LogP contribution in [0.2, 0.25) is 0 Å². The summed E-state index contributed by atoms with van der Waals surface area (Å²) in [5, 5.41) is 0. The van der Waals surface area contributed by atoms with Crippen molar-refractivity contribution in [3.05, 3.63) is 87.9 Å². The van der Waals surface area contributed by atoms with Gasteiger partial charge < -0.3 is 4.74 Å². The zero-order valence-electron chi connectivity index (χ0n) is 19.4. The summed E-state index contributed by atoms with van der Waals surface area (Å²) in [7, 11) is -4.14. The second-order valence-electron chi connectivity index (χ2n) is 8.99. The minimum absolute atomic E-state index is 0.0426. The Bertz CT molecular complexity index is 1240. The Labute approximate surface area is 204 Å². The predicted molar refractivity (Wildman–Crippen MR) is 135 cm³/mol. The molecule has 0 saturated heterocycles. The van der Waals surface area contributed by atoms with E-state index in [0.717, 1.165) is 25.5 Å². The Balaban J connectivity index is 1.98. The van der Waals surface area contributed by atoms with Gasteiger partial charge in [0.15, 0.2) is 6.61 Å². The van der Waals surface area contributed by atoms with Gasteiger partial charge in [-0.3, -0.25) is 4.79 Å². The predicted octanol–water partition coefficient (Wildman–Crippen LogP) is 6.16. The molecular formula is C26H28BrNO4S. The monoisotopic (exact) mass is 529 g/mol. The van der Waals surface area contributed by atoms with Crippen LogP contribution in [-0.4, -0.2) is 20.9 Å². The first-order valence-corrected chi connectivity index (χ1v) is 12.8. The second-order valence-corrected chi connectivity index (χ2v) is 11.7. The van der Waals surface area contributed by atoms with Crippen LogP contribution < -0.4 is 9.04 Å². The van der Waals surface area contributed by atoms with Crippen LogP contribution in [0.3, 0.4) is 0 Å². The third-order valence-electron chi connectivity index (χ3n) is 5.15. The van der Waals surface area contributed by atoms with Gasteiger partial charge in [0.25, 0.3) is 15.9 Å². The van der Waals surface area contributed by atoms with E-state index >= 15 is 0 Å². The van der Waals surface area contributed by atoms with E-state index in [1.54, 1.807) is 42.5 Å². The molecule has 174 valence electrons. The van der Waals surface area contributed by atoms with Gasteiger partial charge in [-0.15, -0.1) is 0 Å². The van der Waals surface area contributed by atoms with Crippen molar-refractivity contribution in [3.63, 3.8) is 0 Å². The molecule has 3 rings (SSSR count). The molecule has 0 aliphatic rings. The largest absolute Gasteiger partial charge is 0.483 e. The molecular weight excluding hydrogens is 502 g/mol. The van der Waals surface area contributed by atoms with E-state index in [4.69, 9.17) is 4.74 Å². The molecule has 3 aromatic rings. The van der Waals surface area contributed by atoms with Crippen molar-refractivity contribution in [1.29, 1.82) is 0 Å². The van der Waals surface area contributed by atoms with Gasteiger partial charge in [-0.2, -0.15) is 4.31 Å². The molecule has 0 spiro atoms. The standard InChI is InChI=1S/C26H28BrNO4S/c1-18-6-11-21(12-7-18)28(33(30,31)22-13-8-19(2)9-14-22)25(29)17-32-24-15-10-20(27)16-23(24)26(3,4)5/h6-16H,17H2,1-5H3. The van der Waals surface area contributed by atoms with Gasteiger partial charge in [-0.1, -0.05) is 72.1 Å². The van der Waals surface area contributed by atoms with Crippen molar-refractivity contribution < 1.29 is 17.9 Å². The number of nitrogens with zero attached hydrogens (tertiary/aromatic N) is 1. The van der Waals surface area contributed by atoms with Crippen LogP contribution in [0.4, 0.5) is 5.69 Å². The fourth-order valence-electron chi connectivity index (χ4n) is 3.32. The highest BCUT2D eigenvalue weighted by molar-refractivity contribution is 9.10. The maximum atomic E-state index is 13.5. The Morgan fingerprint density at radius 3 is 2.00 bits per heavy atom. The van der Waals surface area contributed by atoms with Crippen molar-refractivity contribution in [2.45, 2.75) is 44.9 Å². The van der Waals surface area contributed by atoms with E-state index < -0.39 is 22.5 Å². The number of amides is 1. The molecule has 0 atom stereocenters. The normalized spacial score (nSPS) is 11.8. The molecule has 1 amide bonds. The van der Waals surface area contributed by atoms with Crippen molar-refractivity contribution in [1.82, 2.24) is 0 Å². The van der Waals surface area contributed by atoms with Gasteiger partial charge in [0.05, 0.1) is 10.6 Å². The summed E-state index contributed by atoms with van der Waals surface area (Å²) in [5.41, 5.74) is 2.83. The number of anilines is 1. The van der Waals surface area contributed by atoms with Crippen molar-refractivity contribution in [3.8, 4) is 5.75 Å². The Hall–Kier alpha value is -2.64. The molecule has 0 aromatic heterocycles.